The molecular formula is C16H19N3O2S. The zero-order chi connectivity index (χ0) is 15.4. The summed E-state index contributed by atoms with van der Waals surface area (Å²) in [6, 6.07) is 8.12. The number of aromatic nitrogens is 2. The molecule has 1 aliphatic rings. The lowest BCUT2D eigenvalue weighted by atomic mass is 10.2. The van der Waals surface area contributed by atoms with Crippen LogP contribution in [-0.4, -0.2) is 22.7 Å². The second-order valence-electron chi connectivity index (χ2n) is 5.36. The molecule has 1 saturated carbocycles. The molecular weight excluding hydrogens is 298 g/mol. The van der Waals surface area contributed by atoms with Crippen LogP contribution in [0, 0.1) is 5.92 Å². The summed E-state index contributed by atoms with van der Waals surface area (Å²) in [6.07, 6.45) is 3.69. The van der Waals surface area contributed by atoms with Crippen LogP contribution in [0.1, 0.15) is 30.3 Å². The molecule has 2 aromatic rings. The van der Waals surface area contributed by atoms with Gasteiger partial charge in [-0.1, -0.05) is 30.4 Å². The lowest BCUT2D eigenvalue weighted by Gasteiger charge is -2.05. The van der Waals surface area contributed by atoms with Crippen LogP contribution in [0.5, 0.6) is 5.75 Å². The van der Waals surface area contributed by atoms with Crippen LogP contribution in [0.15, 0.2) is 24.3 Å². The van der Waals surface area contributed by atoms with Crippen molar-refractivity contribution in [2.24, 2.45) is 5.92 Å². The fourth-order valence-electron chi connectivity index (χ4n) is 2.04. The van der Waals surface area contributed by atoms with Gasteiger partial charge in [-0.3, -0.25) is 4.79 Å². The number of hydrogen-bond donors (Lipinski definition) is 1. The lowest BCUT2D eigenvalue weighted by molar-refractivity contribution is -0.117. The number of amides is 1. The predicted octanol–water partition coefficient (Wildman–Crippen LogP) is 3.07. The molecule has 1 N–H and O–H groups in total. The molecule has 0 saturated heterocycles. The number of ether oxygens (including phenoxy) is 1. The Kier molecular flexibility index (Phi) is 4.68. The fourth-order valence-corrected chi connectivity index (χ4v) is 2.76. The number of benzene rings is 1. The molecule has 0 aliphatic heterocycles. The van der Waals surface area contributed by atoms with E-state index >= 15 is 0 Å². The zero-order valence-corrected chi connectivity index (χ0v) is 13.4. The quantitative estimate of drug-likeness (QED) is 0.852. The van der Waals surface area contributed by atoms with Crippen molar-refractivity contribution >= 4 is 22.4 Å². The number of nitrogens with zero attached hydrogens (tertiary/aromatic N) is 2. The largest absolute Gasteiger partial charge is 0.493 e. The Labute approximate surface area is 133 Å². The van der Waals surface area contributed by atoms with Crippen molar-refractivity contribution in [1.29, 1.82) is 0 Å². The second-order valence-corrected chi connectivity index (χ2v) is 6.42. The first-order valence-corrected chi connectivity index (χ1v) is 8.41. The molecule has 0 spiro atoms. The highest BCUT2D eigenvalue weighted by Gasteiger charge is 2.30. The first kappa shape index (κ1) is 15.0. The highest BCUT2D eigenvalue weighted by Crippen LogP contribution is 2.30. The van der Waals surface area contributed by atoms with E-state index in [0.29, 0.717) is 18.2 Å². The Morgan fingerprint density at radius 2 is 2.09 bits per heavy atom. The third-order valence-corrected chi connectivity index (χ3v) is 4.46. The van der Waals surface area contributed by atoms with E-state index in [-0.39, 0.29) is 11.8 Å². The smallest absolute Gasteiger partial charge is 0.229 e. The molecule has 0 atom stereocenters. The summed E-state index contributed by atoms with van der Waals surface area (Å²) in [5, 5.41) is 12.3. The van der Waals surface area contributed by atoms with Gasteiger partial charge in [-0.2, -0.15) is 0 Å². The Bertz CT molecular complexity index is 635. The molecule has 3 rings (SSSR count). The minimum atomic E-state index is 0.0648. The van der Waals surface area contributed by atoms with E-state index in [9.17, 15) is 4.79 Å². The van der Waals surface area contributed by atoms with Crippen LogP contribution in [0.2, 0.25) is 0 Å². The molecule has 0 radical (unpaired) electrons. The summed E-state index contributed by atoms with van der Waals surface area (Å²) < 4.78 is 5.70. The monoisotopic (exact) mass is 317 g/mol. The van der Waals surface area contributed by atoms with Crippen molar-refractivity contribution in [1.82, 2.24) is 10.2 Å². The molecule has 1 aromatic carbocycles. The van der Waals surface area contributed by atoms with Gasteiger partial charge in [-0.05, 0) is 37.0 Å². The van der Waals surface area contributed by atoms with Gasteiger partial charge >= 0.3 is 0 Å². The van der Waals surface area contributed by atoms with Gasteiger partial charge in [0, 0.05) is 12.3 Å². The lowest BCUT2D eigenvalue weighted by Crippen LogP contribution is -2.12. The minimum absolute atomic E-state index is 0.0648. The molecule has 22 heavy (non-hydrogen) atoms. The van der Waals surface area contributed by atoms with Gasteiger partial charge in [-0.15, -0.1) is 10.2 Å². The molecule has 0 unspecified atom stereocenters. The van der Waals surface area contributed by atoms with Crippen LogP contribution >= 0.6 is 11.3 Å². The molecule has 116 valence electrons. The summed E-state index contributed by atoms with van der Waals surface area (Å²) in [4.78, 5) is 11.6. The maximum atomic E-state index is 11.6. The van der Waals surface area contributed by atoms with Crippen molar-refractivity contribution in [3.05, 3.63) is 34.8 Å². The van der Waals surface area contributed by atoms with Crippen molar-refractivity contribution in [3.8, 4) is 5.75 Å². The SMILES string of the molecule is CCc1ccc(OCCc2nnc(NC(=O)C3CC3)s2)cc1. The van der Waals surface area contributed by atoms with Crippen LogP contribution in [0.4, 0.5) is 5.13 Å². The van der Waals surface area contributed by atoms with Gasteiger partial charge in [0.25, 0.3) is 0 Å². The van der Waals surface area contributed by atoms with E-state index in [4.69, 9.17) is 4.74 Å². The maximum Gasteiger partial charge on any atom is 0.229 e. The summed E-state index contributed by atoms with van der Waals surface area (Å²) in [6.45, 7) is 2.68. The van der Waals surface area contributed by atoms with Crippen LogP contribution in [0.3, 0.4) is 0 Å². The first-order valence-electron chi connectivity index (χ1n) is 7.59. The summed E-state index contributed by atoms with van der Waals surface area (Å²) in [5.41, 5.74) is 1.30. The Morgan fingerprint density at radius 3 is 2.77 bits per heavy atom. The molecule has 1 fully saturated rings. The number of anilines is 1. The van der Waals surface area contributed by atoms with Crippen LogP contribution < -0.4 is 10.1 Å². The highest BCUT2D eigenvalue weighted by atomic mass is 32.1. The molecule has 1 amide bonds. The third kappa shape index (κ3) is 4.04. The maximum absolute atomic E-state index is 11.6. The normalized spacial score (nSPS) is 13.9. The van der Waals surface area contributed by atoms with E-state index in [1.165, 1.54) is 16.9 Å². The number of aryl methyl sites for hydroxylation is 1. The first-order chi connectivity index (χ1) is 10.7. The standard InChI is InChI=1S/C16H19N3O2S/c1-2-11-3-7-13(8-4-11)21-10-9-14-18-19-16(22-14)17-15(20)12-5-6-12/h3-4,7-8,12H,2,5-6,9-10H2,1H3,(H,17,19,20). The molecule has 1 aliphatic carbocycles. The van der Waals surface area contributed by atoms with E-state index < -0.39 is 0 Å². The van der Waals surface area contributed by atoms with Crippen LogP contribution in [0.25, 0.3) is 0 Å². The van der Waals surface area contributed by atoms with Crippen molar-refractivity contribution in [2.45, 2.75) is 32.6 Å². The Balaban J connectivity index is 1.44. The van der Waals surface area contributed by atoms with Gasteiger partial charge in [0.15, 0.2) is 0 Å². The average Bonchev–Trinajstić information content (AvgIpc) is 3.30. The zero-order valence-electron chi connectivity index (χ0n) is 12.5. The Morgan fingerprint density at radius 1 is 1.32 bits per heavy atom. The van der Waals surface area contributed by atoms with Gasteiger partial charge in [0.05, 0.1) is 6.61 Å². The van der Waals surface area contributed by atoms with Gasteiger partial charge in [0.2, 0.25) is 11.0 Å². The number of carbonyl (C=O) groups is 1. The van der Waals surface area contributed by atoms with Crippen molar-refractivity contribution < 1.29 is 9.53 Å². The van der Waals surface area contributed by atoms with Crippen LogP contribution in [-0.2, 0) is 17.6 Å². The van der Waals surface area contributed by atoms with E-state index in [1.54, 1.807) is 0 Å². The number of nitrogens with one attached hydrogen (secondary N) is 1. The predicted molar refractivity (Wildman–Crippen MR) is 86.3 cm³/mol. The number of hydrogen-bond acceptors (Lipinski definition) is 5. The summed E-state index contributed by atoms with van der Waals surface area (Å²) in [5.74, 6) is 1.11. The minimum Gasteiger partial charge on any atom is -0.493 e. The van der Waals surface area contributed by atoms with Crippen molar-refractivity contribution in [2.75, 3.05) is 11.9 Å². The highest BCUT2D eigenvalue weighted by molar-refractivity contribution is 7.15. The van der Waals surface area contributed by atoms with E-state index in [1.807, 2.05) is 12.1 Å². The number of carbonyl (C=O) groups excluding carboxylic acids is 1. The van der Waals surface area contributed by atoms with E-state index in [0.717, 1.165) is 30.0 Å². The summed E-state index contributed by atoms with van der Waals surface area (Å²) >= 11 is 1.41. The molecule has 5 nitrogen and oxygen atoms in total. The molecule has 1 aromatic heterocycles. The fraction of sp³-hybridized carbons (Fsp3) is 0.438. The topological polar surface area (TPSA) is 64.1 Å². The van der Waals surface area contributed by atoms with Gasteiger partial charge in [0.1, 0.15) is 10.8 Å². The van der Waals surface area contributed by atoms with Gasteiger partial charge in [-0.25, -0.2) is 0 Å². The molecule has 0 bridgehead atoms. The number of rotatable bonds is 7. The van der Waals surface area contributed by atoms with E-state index in [2.05, 4.69) is 34.6 Å². The third-order valence-electron chi connectivity index (χ3n) is 3.56. The van der Waals surface area contributed by atoms with Gasteiger partial charge < -0.3 is 10.1 Å². The molecule has 6 heteroatoms. The Hall–Kier alpha value is -1.95. The summed E-state index contributed by atoms with van der Waals surface area (Å²) in [7, 11) is 0. The average molecular weight is 317 g/mol. The molecule has 1 heterocycles. The van der Waals surface area contributed by atoms with Crippen molar-refractivity contribution in [3.63, 3.8) is 0 Å². The second kappa shape index (κ2) is 6.87.